The maximum atomic E-state index is 11.0. The number of carboxylic acids is 1. The monoisotopic (exact) mass is 262 g/mol. The van der Waals surface area contributed by atoms with Gasteiger partial charge >= 0.3 is 5.97 Å². The molecule has 1 aromatic heterocycles. The zero-order valence-corrected chi connectivity index (χ0v) is 11.9. The van der Waals surface area contributed by atoms with Crippen LogP contribution in [-0.4, -0.2) is 29.1 Å². The Morgan fingerprint density at radius 1 is 1.37 bits per heavy atom. The Labute approximate surface area is 114 Å². The minimum atomic E-state index is -0.907. The second kappa shape index (κ2) is 5.59. The van der Waals surface area contributed by atoms with Crippen LogP contribution < -0.4 is 4.90 Å². The van der Waals surface area contributed by atoms with Gasteiger partial charge in [0.1, 0.15) is 5.82 Å². The summed E-state index contributed by atoms with van der Waals surface area (Å²) in [6, 6.07) is 3.49. The first kappa shape index (κ1) is 13.8. The Morgan fingerprint density at radius 3 is 2.47 bits per heavy atom. The van der Waals surface area contributed by atoms with E-state index in [9.17, 15) is 4.79 Å². The molecule has 4 heteroatoms. The van der Waals surface area contributed by atoms with E-state index in [2.05, 4.69) is 23.7 Å². The fraction of sp³-hybridized carbons (Fsp3) is 0.600. The molecule has 1 N–H and O–H groups in total. The van der Waals surface area contributed by atoms with Gasteiger partial charge < -0.3 is 10.0 Å². The summed E-state index contributed by atoms with van der Waals surface area (Å²) in [5.41, 5.74) is 0.886. The maximum Gasteiger partial charge on any atom is 0.337 e. The molecule has 0 saturated carbocycles. The van der Waals surface area contributed by atoms with Gasteiger partial charge in [-0.25, -0.2) is 9.78 Å². The molecule has 0 atom stereocenters. The van der Waals surface area contributed by atoms with E-state index in [1.807, 2.05) is 6.07 Å². The second-order valence-corrected chi connectivity index (χ2v) is 5.68. The highest BCUT2D eigenvalue weighted by molar-refractivity contribution is 5.89. The highest BCUT2D eigenvalue weighted by Gasteiger charge is 2.22. The van der Waals surface area contributed by atoms with E-state index >= 15 is 0 Å². The van der Waals surface area contributed by atoms with Crippen LogP contribution in [0.1, 0.15) is 42.7 Å². The van der Waals surface area contributed by atoms with Gasteiger partial charge in [0.25, 0.3) is 0 Å². The minimum absolute atomic E-state index is 0.292. The third-order valence-corrected chi connectivity index (χ3v) is 4.11. The maximum absolute atomic E-state index is 11.0. The lowest BCUT2D eigenvalue weighted by Gasteiger charge is -2.34. The number of anilines is 1. The first-order chi connectivity index (χ1) is 8.99. The van der Waals surface area contributed by atoms with E-state index in [4.69, 9.17) is 5.11 Å². The minimum Gasteiger partial charge on any atom is -0.478 e. The molecule has 1 aliphatic rings. The van der Waals surface area contributed by atoms with Crippen molar-refractivity contribution in [2.24, 2.45) is 11.8 Å². The van der Waals surface area contributed by atoms with Crippen molar-refractivity contribution in [1.82, 2.24) is 4.98 Å². The van der Waals surface area contributed by atoms with Gasteiger partial charge in [0.05, 0.1) is 11.3 Å². The summed E-state index contributed by atoms with van der Waals surface area (Å²) in [5, 5.41) is 9.01. The molecule has 1 fully saturated rings. The Balaban J connectivity index is 2.08. The van der Waals surface area contributed by atoms with Crippen molar-refractivity contribution >= 4 is 11.8 Å². The highest BCUT2D eigenvalue weighted by atomic mass is 16.4. The van der Waals surface area contributed by atoms with E-state index in [1.54, 1.807) is 13.0 Å². The standard InChI is InChI=1S/C15H22N2O2/c1-10(2)12-6-8-17(9-7-12)14-5-4-13(15(18)19)11(3)16-14/h4-5,10,12H,6-9H2,1-3H3,(H,18,19). The SMILES string of the molecule is Cc1nc(N2CCC(C(C)C)CC2)ccc1C(=O)O. The largest absolute Gasteiger partial charge is 0.478 e. The molecule has 2 rings (SSSR count). The van der Waals surface area contributed by atoms with Crippen LogP contribution in [0.3, 0.4) is 0 Å². The second-order valence-electron chi connectivity index (χ2n) is 5.68. The van der Waals surface area contributed by atoms with Gasteiger partial charge in [-0.2, -0.15) is 0 Å². The molecule has 2 heterocycles. The molecule has 19 heavy (non-hydrogen) atoms. The van der Waals surface area contributed by atoms with Crippen LogP contribution in [0.2, 0.25) is 0 Å². The Morgan fingerprint density at radius 2 is 2.00 bits per heavy atom. The molecular formula is C15H22N2O2. The summed E-state index contributed by atoms with van der Waals surface area (Å²) < 4.78 is 0. The number of carbonyl (C=O) groups is 1. The van der Waals surface area contributed by atoms with Crippen LogP contribution in [0.15, 0.2) is 12.1 Å². The number of nitrogens with zero attached hydrogens (tertiary/aromatic N) is 2. The van der Waals surface area contributed by atoms with Gasteiger partial charge in [-0.3, -0.25) is 0 Å². The average molecular weight is 262 g/mol. The van der Waals surface area contributed by atoms with Crippen molar-refractivity contribution in [3.05, 3.63) is 23.4 Å². The predicted molar refractivity (Wildman–Crippen MR) is 75.7 cm³/mol. The molecule has 0 radical (unpaired) electrons. The fourth-order valence-corrected chi connectivity index (χ4v) is 2.75. The number of rotatable bonds is 3. The molecule has 0 aromatic carbocycles. The van der Waals surface area contributed by atoms with Crippen molar-refractivity contribution in [2.45, 2.75) is 33.6 Å². The van der Waals surface area contributed by atoms with Crippen LogP contribution in [0.4, 0.5) is 5.82 Å². The van der Waals surface area contributed by atoms with Crippen LogP contribution in [0.5, 0.6) is 0 Å². The molecule has 4 nitrogen and oxygen atoms in total. The van der Waals surface area contributed by atoms with Gasteiger partial charge in [-0.15, -0.1) is 0 Å². The normalized spacial score (nSPS) is 16.9. The topological polar surface area (TPSA) is 53.4 Å². The van der Waals surface area contributed by atoms with Gasteiger partial charge in [-0.1, -0.05) is 13.8 Å². The predicted octanol–water partition coefficient (Wildman–Crippen LogP) is 2.96. The number of pyridine rings is 1. The molecule has 0 aliphatic carbocycles. The summed E-state index contributed by atoms with van der Waals surface area (Å²) >= 11 is 0. The van der Waals surface area contributed by atoms with E-state index in [0.717, 1.165) is 30.7 Å². The molecule has 0 amide bonds. The number of aromatic nitrogens is 1. The zero-order valence-electron chi connectivity index (χ0n) is 11.9. The van der Waals surface area contributed by atoms with Gasteiger partial charge in [0.2, 0.25) is 0 Å². The third-order valence-electron chi connectivity index (χ3n) is 4.11. The van der Waals surface area contributed by atoms with E-state index in [0.29, 0.717) is 11.3 Å². The highest BCUT2D eigenvalue weighted by Crippen LogP contribution is 2.27. The molecule has 0 spiro atoms. The average Bonchev–Trinajstić information content (AvgIpc) is 2.38. The number of piperidine rings is 1. The molecule has 104 valence electrons. The van der Waals surface area contributed by atoms with E-state index in [-0.39, 0.29) is 0 Å². The van der Waals surface area contributed by atoms with Crippen molar-refractivity contribution in [3.63, 3.8) is 0 Å². The molecule has 1 saturated heterocycles. The van der Waals surface area contributed by atoms with Crippen molar-refractivity contribution in [3.8, 4) is 0 Å². The lowest BCUT2D eigenvalue weighted by atomic mass is 9.87. The van der Waals surface area contributed by atoms with Crippen LogP contribution in [0, 0.1) is 18.8 Å². The fourth-order valence-electron chi connectivity index (χ4n) is 2.75. The lowest BCUT2D eigenvalue weighted by molar-refractivity contribution is 0.0695. The van der Waals surface area contributed by atoms with E-state index in [1.165, 1.54) is 12.8 Å². The van der Waals surface area contributed by atoms with Gasteiger partial charge in [-0.05, 0) is 43.7 Å². The zero-order chi connectivity index (χ0) is 14.0. The van der Waals surface area contributed by atoms with Crippen molar-refractivity contribution in [1.29, 1.82) is 0 Å². The van der Waals surface area contributed by atoms with Crippen molar-refractivity contribution < 1.29 is 9.90 Å². The Bertz CT molecular complexity index is 463. The summed E-state index contributed by atoms with van der Waals surface area (Å²) in [6.45, 7) is 8.35. The van der Waals surface area contributed by atoms with Crippen LogP contribution in [0.25, 0.3) is 0 Å². The summed E-state index contributed by atoms with van der Waals surface area (Å²) in [4.78, 5) is 17.7. The van der Waals surface area contributed by atoms with Crippen LogP contribution >= 0.6 is 0 Å². The first-order valence-corrected chi connectivity index (χ1v) is 6.95. The summed E-state index contributed by atoms with van der Waals surface area (Å²) in [5.74, 6) is 1.54. The summed E-state index contributed by atoms with van der Waals surface area (Å²) in [6.07, 6.45) is 2.39. The Kier molecular flexibility index (Phi) is 4.08. The first-order valence-electron chi connectivity index (χ1n) is 6.95. The molecule has 0 bridgehead atoms. The number of carboxylic acid groups (broad SMARTS) is 1. The third kappa shape index (κ3) is 3.06. The Hall–Kier alpha value is -1.58. The summed E-state index contributed by atoms with van der Waals surface area (Å²) in [7, 11) is 0. The number of hydrogen-bond donors (Lipinski definition) is 1. The van der Waals surface area contributed by atoms with Gasteiger partial charge in [0, 0.05) is 13.1 Å². The number of aromatic carboxylic acids is 1. The van der Waals surface area contributed by atoms with Crippen LogP contribution in [-0.2, 0) is 0 Å². The molecular weight excluding hydrogens is 240 g/mol. The van der Waals surface area contributed by atoms with Crippen molar-refractivity contribution in [2.75, 3.05) is 18.0 Å². The molecule has 1 aliphatic heterocycles. The number of hydrogen-bond acceptors (Lipinski definition) is 3. The number of aryl methyl sites for hydroxylation is 1. The molecule has 1 aromatic rings. The van der Waals surface area contributed by atoms with E-state index < -0.39 is 5.97 Å². The molecule has 0 unspecified atom stereocenters. The quantitative estimate of drug-likeness (QED) is 0.910. The lowest BCUT2D eigenvalue weighted by Crippen LogP contribution is -2.35. The smallest absolute Gasteiger partial charge is 0.337 e. The van der Waals surface area contributed by atoms with Gasteiger partial charge in [0.15, 0.2) is 0 Å².